The highest BCUT2D eigenvalue weighted by Gasteiger charge is 2.12. The number of nitrogens with one attached hydrogen (secondary N) is 1. The normalized spacial score (nSPS) is 10.9. The first kappa shape index (κ1) is 22.2. The van der Waals surface area contributed by atoms with E-state index in [0.29, 0.717) is 33.0 Å². The summed E-state index contributed by atoms with van der Waals surface area (Å²) < 4.78 is 8.97. The number of nitrogens with zero attached hydrogens (tertiary/aromatic N) is 4. The number of hydrogen-bond acceptors (Lipinski definition) is 4. The minimum Gasteiger partial charge on any atom is -0.471 e. The molecule has 0 saturated carbocycles. The number of ether oxygens (including phenoxy) is 1. The van der Waals surface area contributed by atoms with Crippen LogP contribution in [-0.4, -0.2) is 25.5 Å². The Morgan fingerprint density at radius 2 is 1.91 bits per heavy atom. The van der Waals surface area contributed by atoms with Gasteiger partial charge in [-0.3, -0.25) is 9.48 Å². The molecular formula is C22H18Cl3N5O2. The van der Waals surface area contributed by atoms with Gasteiger partial charge in [-0.15, -0.1) is 0 Å². The van der Waals surface area contributed by atoms with Gasteiger partial charge in [0.15, 0.2) is 12.4 Å². The van der Waals surface area contributed by atoms with E-state index in [2.05, 4.69) is 15.5 Å². The molecule has 7 nitrogen and oxygen atoms in total. The molecule has 0 spiro atoms. The first-order chi connectivity index (χ1) is 15.4. The minimum atomic E-state index is -0.347. The van der Waals surface area contributed by atoms with Crippen LogP contribution in [-0.2, 0) is 13.3 Å². The van der Waals surface area contributed by atoms with E-state index in [0.717, 1.165) is 11.1 Å². The summed E-state index contributed by atoms with van der Waals surface area (Å²) in [6.07, 6.45) is 4.97. The van der Waals surface area contributed by atoms with E-state index in [1.807, 2.05) is 19.1 Å². The number of anilines is 1. The van der Waals surface area contributed by atoms with Crippen molar-refractivity contribution in [2.75, 3.05) is 5.32 Å². The van der Waals surface area contributed by atoms with Crippen LogP contribution in [0.1, 0.15) is 21.6 Å². The third-order valence-electron chi connectivity index (χ3n) is 4.58. The van der Waals surface area contributed by atoms with Crippen molar-refractivity contribution >= 4 is 46.4 Å². The lowest BCUT2D eigenvalue weighted by molar-refractivity contribution is 0.102. The van der Waals surface area contributed by atoms with Crippen molar-refractivity contribution < 1.29 is 9.53 Å². The molecule has 0 aliphatic carbocycles. The zero-order valence-electron chi connectivity index (χ0n) is 16.9. The molecule has 0 saturated heterocycles. The molecule has 1 amide bonds. The second-order valence-corrected chi connectivity index (χ2v) is 8.30. The Morgan fingerprint density at radius 3 is 2.69 bits per heavy atom. The van der Waals surface area contributed by atoms with E-state index in [1.54, 1.807) is 53.6 Å². The van der Waals surface area contributed by atoms with Crippen molar-refractivity contribution in [1.29, 1.82) is 0 Å². The third kappa shape index (κ3) is 5.43. The fourth-order valence-corrected chi connectivity index (χ4v) is 3.55. The summed E-state index contributed by atoms with van der Waals surface area (Å²) in [5.74, 6) is 0.353. The molecule has 1 N–H and O–H groups in total. The Balaban J connectivity index is 1.34. The molecule has 10 heteroatoms. The number of amides is 1. The van der Waals surface area contributed by atoms with Crippen LogP contribution in [0.5, 0.6) is 5.75 Å². The summed E-state index contributed by atoms with van der Waals surface area (Å²) in [5.41, 5.74) is 2.67. The number of carbonyl (C=O) groups is 1. The van der Waals surface area contributed by atoms with Gasteiger partial charge in [0, 0.05) is 17.4 Å². The Bertz CT molecular complexity index is 1270. The Labute approximate surface area is 199 Å². The average Bonchev–Trinajstić information content (AvgIpc) is 3.40. The van der Waals surface area contributed by atoms with E-state index in [-0.39, 0.29) is 18.3 Å². The molecule has 2 aromatic carbocycles. The number of halogens is 3. The molecule has 2 aromatic heterocycles. The van der Waals surface area contributed by atoms with Crippen molar-refractivity contribution in [3.63, 3.8) is 0 Å². The van der Waals surface area contributed by atoms with Gasteiger partial charge < -0.3 is 10.1 Å². The Hall–Kier alpha value is -3.00. The van der Waals surface area contributed by atoms with Gasteiger partial charge in [-0.1, -0.05) is 40.9 Å². The molecular weight excluding hydrogens is 473 g/mol. The monoisotopic (exact) mass is 489 g/mol. The molecule has 0 fully saturated rings. The Kier molecular flexibility index (Phi) is 6.69. The smallest absolute Gasteiger partial charge is 0.276 e. The highest BCUT2D eigenvalue weighted by molar-refractivity contribution is 6.42. The highest BCUT2D eigenvalue weighted by atomic mass is 35.5. The standard InChI is InChI=1S/C22H18Cl3N5O2/c1-14-8-16(23)3-5-21(14)32-13-29-7-6-20(28-29)22(31)27-17-10-26-30(12-17)11-15-2-4-18(24)19(25)9-15/h2-10,12H,11,13H2,1H3,(H,27,31). The maximum absolute atomic E-state index is 12.5. The quantitative estimate of drug-likeness (QED) is 0.361. The fraction of sp³-hybridized carbons (Fsp3) is 0.136. The topological polar surface area (TPSA) is 74.0 Å². The predicted octanol–water partition coefficient (Wildman–Crippen LogP) is 5.69. The molecule has 0 atom stereocenters. The van der Waals surface area contributed by atoms with Crippen LogP contribution in [0.25, 0.3) is 0 Å². The number of hydrogen-bond donors (Lipinski definition) is 1. The van der Waals surface area contributed by atoms with Gasteiger partial charge >= 0.3 is 0 Å². The van der Waals surface area contributed by atoms with E-state index >= 15 is 0 Å². The number of aryl methyl sites for hydroxylation is 1. The maximum Gasteiger partial charge on any atom is 0.276 e. The van der Waals surface area contributed by atoms with Crippen molar-refractivity contribution in [3.8, 4) is 5.75 Å². The summed E-state index contributed by atoms with van der Waals surface area (Å²) in [5, 5.41) is 12.9. The van der Waals surface area contributed by atoms with Gasteiger partial charge in [-0.2, -0.15) is 10.2 Å². The van der Waals surface area contributed by atoms with Gasteiger partial charge in [0.2, 0.25) is 0 Å². The maximum atomic E-state index is 12.5. The molecule has 0 bridgehead atoms. The summed E-state index contributed by atoms with van der Waals surface area (Å²) in [6.45, 7) is 2.56. The molecule has 0 aliphatic rings. The zero-order valence-corrected chi connectivity index (χ0v) is 19.2. The minimum absolute atomic E-state index is 0.164. The lowest BCUT2D eigenvalue weighted by Crippen LogP contribution is -2.14. The van der Waals surface area contributed by atoms with Crippen LogP contribution >= 0.6 is 34.8 Å². The van der Waals surface area contributed by atoms with Crippen LogP contribution in [0.4, 0.5) is 5.69 Å². The van der Waals surface area contributed by atoms with Crippen LogP contribution in [0, 0.1) is 6.92 Å². The molecule has 4 rings (SSSR count). The molecule has 164 valence electrons. The lowest BCUT2D eigenvalue weighted by atomic mass is 10.2. The van der Waals surface area contributed by atoms with E-state index in [1.165, 1.54) is 4.68 Å². The first-order valence-corrected chi connectivity index (χ1v) is 10.7. The number of aromatic nitrogens is 4. The lowest BCUT2D eigenvalue weighted by Gasteiger charge is -2.09. The first-order valence-electron chi connectivity index (χ1n) is 9.57. The number of carbonyl (C=O) groups excluding carboxylic acids is 1. The molecule has 2 heterocycles. The van der Waals surface area contributed by atoms with E-state index in [4.69, 9.17) is 39.5 Å². The Morgan fingerprint density at radius 1 is 1.06 bits per heavy atom. The van der Waals surface area contributed by atoms with Crippen LogP contribution in [0.3, 0.4) is 0 Å². The largest absolute Gasteiger partial charge is 0.471 e. The van der Waals surface area contributed by atoms with Gasteiger partial charge in [-0.25, -0.2) is 4.68 Å². The second kappa shape index (κ2) is 9.65. The highest BCUT2D eigenvalue weighted by Crippen LogP contribution is 2.23. The van der Waals surface area contributed by atoms with Crippen LogP contribution in [0.15, 0.2) is 61.1 Å². The summed E-state index contributed by atoms with van der Waals surface area (Å²) in [6, 6.07) is 12.4. The van der Waals surface area contributed by atoms with E-state index in [9.17, 15) is 4.79 Å². The van der Waals surface area contributed by atoms with Crippen molar-refractivity contribution in [2.24, 2.45) is 0 Å². The SMILES string of the molecule is Cc1cc(Cl)ccc1OCn1ccc(C(=O)Nc2cnn(Cc3ccc(Cl)c(Cl)c3)c2)n1. The number of rotatable bonds is 7. The predicted molar refractivity (Wildman–Crippen MR) is 125 cm³/mol. The molecule has 4 aromatic rings. The third-order valence-corrected chi connectivity index (χ3v) is 5.56. The van der Waals surface area contributed by atoms with Gasteiger partial charge in [-0.05, 0) is 54.4 Å². The summed E-state index contributed by atoms with van der Waals surface area (Å²) in [4.78, 5) is 12.5. The van der Waals surface area contributed by atoms with Crippen molar-refractivity contribution in [1.82, 2.24) is 19.6 Å². The molecule has 32 heavy (non-hydrogen) atoms. The molecule has 0 aliphatic heterocycles. The second-order valence-electron chi connectivity index (χ2n) is 7.05. The van der Waals surface area contributed by atoms with Gasteiger partial charge in [0.05, 0.1) is 28.5 Å². The average molecular weight is 491 g/mol. The molecule has 0 radical (unpaired) electrons. The summed E-state index contributed by atoms with van der Waals surface area (Å²) in [7, 11) is 0. The zero-order chi connectivity index (χ0) is 22.7. The van der Waals surface area contributed by atoms with Crippen LogP contribution in [0.2, 0.25) is 15.1 Å². The van der Waals surface area contributed by atoms with Gasteiger partial charge in [0.25, 0.3) is 5.91 Å². The van der Waals surface area contributed by atoms with Crippen LogP contribution < -0.4 is 10.1 Å². The fourth-order valence-electron chi connectivity index (χ4n) is 3.00. The van der Waals surface area contributed by atoms with Crippen molar-refractivity contribution in [2.45, 2.75) is 20.2 Å². The van der Waals surface area contributed by atoms with Crippen molar-refractivity contribution in [3.05, 3.63) is 92.9 Å². The van der Waals surface area contributed by atoms with Gasteiger partial charge in [0.1, 0.15) is 5.75 Å². The summed E-state index contributed by atoms with van der Waals surface area (Å²) >= 11 is 18.0. The van der Waals surface area contributed by atoms with E-state index < -0.39 is 0 Å². The molecule has 0 unspecified atom stereocenters. The number of benzene rings is 2.